The van der Waals surface area contributed by atoms with Gasteiger partial charge in [-0.05, 0) is 73.5 Å². The minimum absolute atomic E-state index is 0.250. The zero-order valence-corrected chi connectivity index (χ0v) is 18.5. The number of ether oxygens (including phenoxy) is 1. The van der Waals surface area contributed by atoms with Crippen LogP contribution in [0, 0.1) is 13.8 Å². The second-order valence-electron chi connectivity index (χ2n) is 6.86. The summed E-state index contributed by atoms with van der Waals surface area (Å²) in [5.41, 5.74) is 14.7. The first kappa shape index (κ1) is 24.7. The monoisotopic (exact) mass is 445 g/mol. The van der Waals surface area contributed by atoms with Crippen LogP contribution in [0.1, 0.15) is 11.1 Å². The van der Waals surface area contributed by atoms with E-state index in [1.807, 2.05) is 55.6 Å². The van der Waals surface area contributed by atoms with E-state index in [4.69, 9.17) is 14.3 Å². The number of pyridine rings is 1. The molecule has 0 spiro atoms. The number of benzene rings is 2. The Bertz CT molecular complexity index is 1150. The highest BCUT2D eigenvalue weighted by Gasteiger charge is 2.05. The number of anilines is 2. The Morgan fingerprint density at radius 1 is 0.848 bits per heavy atom. The third kappa shape index (κ3) is 8.22. The summed E-state index contributed by atoms with van der Waals surface area (Å²) in [5, 5.41) is 3.40. The third-order valence-corrected chi connectivity index (χ3v) is 4.23. The number of nitrogens with one attached hydrogen (secondary N) is 2. The highest BCUT2D eigenvalue weighted by Crippen LogP contribution is 2.27. The van der Waals surface area contributed by atoms with Gasteiger partial charge in [-0.2, -0.15) is 0 Å². The molecule has 8 heteroatoms. The van der Waals surface area contributed by atoms with E-state index in [0.29, 0.717) is 0 Å². The Labute approximate surface area is 192 Å². The molecule has 170 valence electrons. The lowest BCUT2D eigenvalue weighted by atomic mass is 10.2. The lowest BCUT2D eigenvalue weighted by Gasteiger charge is -2.10. The Hall–Kier alpha value is -4.59. The van der Waals surface area contributed by atoms with Crippen LogP contribution in [-0.2, 0) is 9.59 Å². The van der Waals surface area contributed by atoms with Gasteiger partial charge >= 0.3 is 0 Å². The molecule has 33 heavy (non-hydrogen) atoms. The number of hydrogen-bond donors (Lipinski definition) is 4. The van der Waals surface area contributed by atoms with Crippen LogP contribution in [-0.4, -0.2) is 22.8 Å². The lowest BCUT2D eigenvalue weighted by molar-refractivity contribution is -0.107. The predicted octanol–water partition coefficient (Wildman–Crippen LogP) is 4.43. The molecule has 2 aromatic carbocycles. The Kier molecular flexibility index (Phi) is 9.69. The van der Waals surface area contributed by atoms with Crippen molar-refractivity contribution in [2.75, 3.05) is 5.32 Å². The van der Waals surface area contributed by atoms with Crippen LogP contribution in [0.2, 0.25) is 0 Å². The largest absolute Gasteiger partial charge is 0.457 e. The number of H-pyrrole nitrogens is 1. The van der Waals surface area contributed by atoms with Crippen molar-refractivity contribution in [3.63, 3.8) is 0 Å². The van der Waals surface area contributed by atoms with Gasteiger partial charge in [0.1, 0.15) is 11.5 Å². The van der Waals surface area contributed by atoms with E-state index in [1.165, 1.54) is 11.1 Å². The van der Waals surface area contributed by atoms with Crippen molar-refractivity contribution in [3.8, 4) is 22.9 Å². The van der Waals surface area contributed by atoms with Gasteiger partial charge < -0.3 is 26.5 Å². The van der Waals surface area contributed by atoms with E-state index in [1.54, 1.807) is 6.20 Å². The van der Waals surface area contributed by atoms with Crippen molar-refractivity contribution < 1.29 is 14.3 Å². The van der Waals surface area contributed by atoms with Crippen LogP contribution in [0.3, 0.4) is 0 Å². The summed E-state index contributed by atoms with van der Waals surface area (Å²) in [4.78, 5) is 24.8. The van der Waals surface area contributed by atoms with Crippen LogP contribution in [0.5, 0.6) is 11.5 Å². The zero-order chi connectivity index (χ0) is 24.1. The second kappa shape index (κ2) is 13.0. The van der Waals surface area contributed by atoms with Crippen LogP contribution in [0.25, 0.3) is 11.4 Å². The molecule has 2 heterocycles. The van der Waals surface area contributed by atoms with Gasteiger partial charge in [0.15, 0.2) is 0 Å². The summed E-state index contributed by atoms with van der Waals surface area (Å²) in [6.45, 7) is 4.13. The topological polar surface area (TPSA) is 136 Å². The van der Waals surface area contributed by atoms with Gasteiger partial charge in [0.25, 0.3) is 0 Å². The highest BCUT2D eigenvalue weighted by molar-refractivity contribution is 5.61. The molecule has 4 aromatic rings. The third-order valence-electron chi connectivity index (χ3n) is 4.23. The molecular weight excluding hydrogens is 418 g/mol. The zero-order valence-electron chi connectivity index (χ0n) is 18.5. The number of carbonyl (C=O) groups is 2. The summed E-state index contributed by atoms with van der Waals surface area (Å²) < 4.78 is 5.99. The number of aryl methyl sites for hydroxylation is 2. The van der Waals surface area contributed by atoms with Gasteiger partial charge in [-0.3, -0.25) is 14.6 Å². The second-order valence-corrected chi connectivity index (χ2v) is 6.86. The highest BCUT2D eigenvalue weighted by atomic mass is 16.5. The van der Waals surface area contributed by atoms with Crippen molar-refractivity contribution in [3.05, 3.63) is 90.3 Å². The fourth-order valence-electron chi connectivity index (χ4n) is 2.90. The molecule has 0 fully saturated rings. The van der Waals surface area contributed by atoms with E-state index in [2.05, 4.69) is 57.9 Å². The number of carbonyl (C=O) groups excluding carboxylic acids is 2. The minimum Gasteiger partial charge on any atom is -0.457 e. The number of aromatic amines is 1. The summed E-state index contributed by atoms with van der Waals surface area (Å²) in [5.74, 6) is 1.54. The molecule has 0 aliphatic heterocycles. The Morgan fingerprint density at radius 2 is 1.55 bits per heavy atom. The lowest BCUT2D eigenvalue weighted by Crippen LogP contribution is -1.91. The number of nitrogens with two attached hydrogens (primary N) is 2. The van der Waals surface area contributed by atoms with E-state index >= 15 is 0 Å². The van der Waals surface area contributed by atoms with Crippen molar-refractivity contribution in [1.82, 2.24) is 9.97 Å². The van der Waals surface area contributed by atoms with Crippen LogP contribution >= 0.6 is 0 Å². The van der Waals surface area contributed by atoms with Gasteiger partial charge in [0, 0.05) is 29.8 Å². The van der Waals surface area contributed by atoms with Gasteiger partial charge in [-0.15, -0.1) is 0 Å². The first-order chi connectivity index (χ1) is 16.0. The smallest absolute Gasteiger partial charge is 0.204 e. The maximum Gasteiger partial charge on any atom is 0.204 e. The molecule has 2 aromatic heterocycles. The standard InChI is InChI=1S/C23H21N3O.2CH3NO/c1-16-4-3-5-19(12-16)26-18-6-8-20(9-7-18)27-21-10-11-24-23(14-21)22-13-17(2)15-25-22;2*2-1-3/h3-15,25-26H,1-2H3;2*1H,(H2,2,3). The molecule has 2 amide bonds. The van der Waals surface area contributed by atoms with Crippen LogP contribution in [0.15, 0.2) is 79.1 Å². The molecule has 0 bridgehead atoms. The number of nitrogens with zero attached hydrogens (tertiary/aromatic N) is 1. The fourth-order valence-corrected chi connectivity index (χ4v) is 2.90. The molecule has 6 N–H and O–H groups in total. The number of aromatic nitrogens is 2. The Balaban J connectivity index is 0.000000582. The normalized spacial score (nSPS) is 9.39. The molecule has 0 unspecified atom stereocenters. The number of amides is 2. The summed E-state index contributed by atoms with van der Waals surface area (Å²) in [6, 6.07) is 22.1. The first-order valence-corrected chi connectivity index (χ1v) is 10.0. The molecule has 0 saturated heterocycles. The minimum atomic E-state index is 0.250. The number of hydrogen-bond acceptors (Lipinski definition) is 5. The quantitative estimate of drug-likeness (QED) is 0.337. The first-order valence-electron chi connectivity index (χ1n) is 10.0. The maximum atomic E-state index is 8.58. The average Bonchev–Trinajstić information content (AvgIpc) is 3.23. The molecule has 0 aliphatic carbocycles. The molecule has 4 rings (SSSR count). The number of primary amides is 2. The van der Waals surface area contributed by atoms with E-state index in [0.717, 1.165) is 34.3 Å². The maximum absolute atomic E-state index is 8.58. The van der Waals surface area contributed by atoms with Crippen LogP contribution < -0.4 is 21.5 Å². The van der Waals surface area contributed by atoms with E-state index < -0.39 is 0 Å². The van der Waals surface area contributed by atoms with Gasteiger partial charge in [-0.1, -0.05) is 12.1 Å². The predicted molar refractivity (Wildman–Crippen MR) is 130 cm³/mol. The van der Waals surface area contributed by atoms with E-state index in [-0.39, 0.29) is 12.8 Å². The molecule has 0 radical (unpaired) electrons. The molecule has 0 aliphatic rings. The van der Waals surface area contributed by atoms with Gasteiger partial charge in [0.2, 0.25) is 12.8 Å². The number of rotatable bonds is 5. The Morgan fingerprint density at radius 3 is 2.15 bits per heavy atom. The van der Waals surface area contributed by atoms with Gasteiger partial charge in [-0.25, -0.2) is 0 Å². The van der Waals surface area contributed by atoms with E-state index in [9.17, 15) is 0 Å². The van der Waals surface area contributed by atoms with Crippen LogP contribution in [0.4, 0.5) is 11.4 Å². The molecular formula is C25H27N5O3. The fraction of sp³-hybridized carbons (Fsp3) is 0.0800. The summed E-state index contributed by atoms with van der Waals surface area (Å²) in [6.07, 6.45) is 4.22. The van der Waals surface area contributed by atoms with Crippen molar-refractivity contribution >= 4 is 24.2 Å². The summed E-state index contributed by atoms with van der Waals surface area (Å²) >= 11 is 0. The average molecular weight is 446 g/mol. The molecule has 0 atom stereocenters. The van der Waals surface area contributed by atoms with Crippen molar-refractivity contribution in [1.29, 1.82) is 0 Å². The summed E-state index contributed by atoms with van der Waals surface area (Å²) in [7, 11) is 0. The van der Waals surface area contributed by atoms with Crippen molar-refractivity contribution in [2.24, 2.45) is 11.5 Å². The molecule has 0 saturated carbocycles. The van der Waals surface area contributed by atoms with Crippen molar-refractivity contribution in [2.45, 2.75) is 13.8 Å². The van der Waals surface area contributed by atoms with Gasteiger partial charge in [0.05, 0.1) is 11.4 Å². The SMILES string of the molecule is Cc1cccc(Nc2ccc(Oc3ccnc(-c4cc(C)c[nH]4)c3)cc2)c1.NC=O.NC=O. The molecule has 8 nitrogen and oxygen atoms in total.